The predicted molar refractivity (Wildman–Crippen MR) is 103 cm³/mol. The van der Waals surface area contributed by atoms with Gasteiger partial charge in [-0.3, -0.25) is 4.79 Å². The molecule has 2 aliphatic rings. The van der Waals surface area contributed by atoms with E-state index in [9.17, 15) is 4.79 Å². The highest BCUT2D eigenvalue weighted by Crippen LogP contribution is 2.37. The Bertz CT molecular complexity index is 831. The zero-order valence-electron chi connectivity index (χ0n) is 15.3. The smallest absolute Gasteiger partial charge is 0.232 e. The third kappa shape index (κ3) is 3.47. The van der Waals surface area contributed by atoms with E-state index in [0.29, 0.717) is 5.75 Å². The Labute approximate surface area is 158 Å². The number of rotatable bonds is 4. The molecule has 26 heavy (non-hydrogen) atoms. The number of aryl methyl sites for hydroxylation is 1. The summed E-state index contributed by atoms with van der Waals surface area (Å²) < 4.78 is 10.9. The fourth-order valence-electron chi connectivity index (χ4n) is 3.45. The van der Waals surface area contributed by atoms with E-state index in [1.807, 2.05) is 17.0 Å². The SMILES string of the molecule is CCc1cc2cc3c(cc2nc1SCC(=O)N1CCC(C)CC1)OCO3. The van der Waals surface area contributed by atoms with Crippen molar-refractivity contribution in [3.8, 4) is 11.5 Å². The van der Waals surface area contributed by atoms with Crippen LogP contribution in [0, 0.1) is 5.92 Å². The Kier molecular flexibility index (Phi) is 4.94. The van der Waals surface area contributed by atoms with Crippen molar-refractivity contribution in [1.82, 2.24) is 9.88 Å². The summed E-state index contributed by atoms with van der Waals surface area (Å²) in [5, 5.41) is 1.99. The molecule has 0 radical (unpaired) electrons. The second kappa shape index (κ2) is 7.35. The Morgan fingerprint density at radius 3 is 2.69 bits per heavy atom. The van der Waals surface area contributed by atoms with Gasteiger partial charge in [0.1, 0.15) is 5.03 Å². The minimum Gasteiger partial charge on any atom is -0.454 e. The lowest BCUT2D eigenvalue weighted by molar-refractivity contribution is -0.129. The van der Waals surface area contributed by atoms with Gasteiger partial charge in [0.2, 0.25) is 12.7 Å². The number of nitrogens with zero attached hydrogens (tertiary/aromatic N) is 2. The van der Waals surface area contributed by atoms with Crippen LogP contribution < -0.4 is 9.47 Å². The first kappa shape index (κ1) is 17.5. The summed E-state index contributed by atoms with van der Waals surface area (Å²) in [6, 6.07) is 6.06. The van der Waals surface area contributed by atoms with Crippen molar-refractivity contribution in [2.75, 3.05) is 25.6 Å². The van der Waals surface area contributed by atoms with Crippen LogP contribution >= 0.6 is 11.8 Å². The second-order valence-electron chi connectivity index (χ2n) is 7.06. The number of fused-ring (bicyclic) bond motifs is 2. The lowest BCUT2D eigenvalue weighted by Gasteiger charge is -2.30. The van der Waals surface area contributed by atoms with Crippen molar-refractivity contribution in [2.45, 2.75) is 38.1 Å². The third-order valence-corrected chi connectivity index (χ3v) is 6.22. The van der Waals surface area contributed by atoms with Gasteiger partial charge in [-0.2, -0.15) is 0 Å². The van der Waals surface area contributed by atoms with E-state index in [2.05, 4.69) is 19.9 Å². The second-order valence-corrected chi connectivity index (χ2v) is 8.02. The van der Waals surface area contributed by atoms with E-state index in [-0.39, 0.29) is 12.7 Å². The average molecular weight is 372 g/mol. The normalized spacial score (nSPS) is 17.1. The summed E-state index contributed by atoms with van der Waals surface area (Å²) in [5.74, 6) is 2.91. The molecule has 0 N–H and O–H groups in total. The lowest BCUT2D eigenvalue weighted by Crippen LogP contribution is -2.38. The van der Waals surface area contributed by atoms with Gasteiger partial charge >= 0.3 is 0 Å². The van der Waals surface area contributed by atoms with E-state index in [0.717, 1.165) is 65.7 Å². The zero-order valence-corrected chi connectivity index (χ0v) is 16.1. The van der Waals surface area contributed by atoms with Crippen LogP contribution in [-0.4, -0.2) is 41.4 Å². The molecule has 5 nitrogen and oxygen atoms in total. The molecule has 1 fully saturated rings. The molecule has 1 amide bonds. The van der Waals surface area contributed by atoms with E-state index >= 15 is 0 Å². The number of piperidine rings is 1. The van der Waals surface area contributed by atoms with Gasteiger partial charge in [0.05, 0.1) is 11.3 Å². The number of aromatic nitrogens is 1. The Morgan fingerprint density at radius 1 is 1.23 bits per heavy atom. The van der Waals surface area contributed by atoms with Crippen molar-refractivity contribution in [1.29, 1.82) is 0 Å². The van der Waals surface area contributed by atoms with Crippen molar-refractivity contribution in [3.05, 3.63) is 23.8 Å². The summed E-state index contributed by atoms with van der Waals surface area (Å²) in [4.78, 5) is 19.3. The van der Waals surface area contributed by atoms with Gasteiger partial charge in [-0.15, -0.1) is 0 Å². The molecule has 2 aromatic rings. The Morgan fingerprint density at radius 2 is 1.96 bits per heavy atom. The molecule has 1 saturated heterocycles. The third-order valence-electron chi connectivity index (χ3n) is 5.20. The van der Waals surface area contributed by atoms with Gasteiger partial charge in [0.15, 0.2) is 11.5 Å². The van der Waals surface area contributed by atoms with Gasteiger partial charge in [0, 0.05) is 24.5 Å². The highest BCUT2D eigenvalue weighted by atomic mass is 32.2. The molecule has 0 aliphatic carbocycles. The van der Waals surface area contributed by atoms with E-state index in [4.69, 9.17) is 14.5 Å². The number of pyridine rings is 1. The van der Waals surface area contributed by atoms with Crippen molar-refractivity contribution >= 4 is 28.6 Å². The largest absolute Gasteiger partial charge is 0.454 e. The number of carbonyl (C=O) groups excluding carboxylic acids is 1. The quantitative estimate of drug-likeness (QED) is 0.763. The number of benzene rings is 1. The zero-order chi connectivity index (χ0) is 18.1. The van der Waals surface area contributed by atoms with Crippen LogP contribution in [0.5, 0.6) is 11.5 Å². The number of carbonyl (C=O) groups is 1. The maximum Gasteiger partial charge on any atom is 0.232 e. The molecule has 138 valence electrons. The number of thioether (sulfide) groups is 1. The maximum atomic E-state index is 12.5. The van der Waals surface area contributed by atoms with Gasteiger partial charge in [-0.1, -0.05) is 25.6 Å². The highest BCUT2D eigenvalue weighted by Gasteiger charge is 2.21. The topological polar surface area (TPSA) is 51.7 Å². The minimum absolute atomic E-state index is 0.219. The molecular formula is C20H24N2O3S. The van der Waals surface area contributed by atoms with E-state index < -0.39 is 0 Å². The molecule has 1 aromatic heterocycles. The Balaban J connectivity index is 1.52. The lowest BCUT2D eigenvalue weighted by atomic mass is 9.99. The first-order valence-corrected chi connectivity index (χ1v) is 10.3. The average Bonchev–Trinajstić information content (AvgIpc) is 3.11. The summed E-state index contributed by atoms with van der Waals surface area (Å²) in [6.45, 7) is 6.41. The fraction of sp³-hybridized carbons (Fsp3) is 0.500. The molecule has 0 atom stereocenters. The number of amides is 1. The number of hydrogen-bond donors (Lipinski definition) is 0. The molecule has 0 unspecified atom stereocenters. The van der Waals surface area contributed by atoms with E-state index in [1.165, 1.54) is 5.56 Å². The number of ether oxygens (including phenoxy) is 2. The molecule has 1 aromatic carbocycles. The number of likely N-dealkylation sites (tertiary alicyclic amines) is 1. The van der Waals surface area contributed by atoms with E-state index in [1.54, 1.807) is 11.8 Å². The standard InChI is InChI=1S/C20H24N2O3S/c1-3-14-8-15-9-17-18(25-12-24-17)10-16(15)21-20(14)26-11-19(23)22-6-4-13(2)5-7-22/h8-10,13H,3-7,11-12H2,1-2H3. The van der Waals surface area contributed by atoms with Gasteiger partial charge in [-0.25, -0.2) is 4.98 Å². The van der Waals surface area contributed by atoms with Crippen LogP contribution in [0.3, 0.4) is 0 Å². The van der Waals surface area contributed by atoms with Crippen LogP contribution in [0.25, 0.3) is 10.9 Å². The van der Waals surface area contributed by atoms with Crippen LogP contribution in [-0.2, 0) is 11.2 Å². The number of hydrogen-bond acceptors (Lipinski definition) is 5. The van der Waals surface area contributed by atoms with Crippen LogP contribution in [0.1, 0.15) is 32.3 Å². The van der Waals surface area contributed by atoms with Crippen molar-refractivity contribution < 1.29 is 14.3 Å². The van der Waals surface area contributed by atoms with Gasteiger partial charge < -0.3 is 14.4 Å². The minimum atomic E-state index is 0.219. The molecule has 0 saturated carbocycles. The molecule has 4 rings (SSSR count). The van der Waals surface area contributed by atoms with Crippen LogP contribution in [0.2, 0.25) is 0 Å². The van der Waals surface area contributed by atoms with Crippen molar-refractivity contribution in [2.24, 2.45) is 5.92 Å². The first-order valence-electron chi connectivity index (χ1n) is 9.28. The summed E-state index contributed by atoms with van der Waals surface area (Å²) in [6.07, 6.45) is 3.10. The molecular weight excluding hydrogens is 348 g/mol. The van der Waals surface area contributed by atoms with Gasteiger partial charge in [-0.05, 0) is 42.9 Å². The van der Waals surface area contributed by atoms with Crippen LogP contribution in [0.4, 0.5) is 0 Å². The molecule has 0 spiro atoms. The van der Waals surface area contributed by atoms with Crippen molar-refractivity contribution in [3.63, 3.8) is 0 Å². The van der Waals surface area contributed by atoms with Crippen LogP contribution in [0.15, 0.2) is 23.2 Å². The summed E-state index contributed by atoms with van der Waals surface area (Å²) in [7, 11) is 0. The predicted octanol–water partition coefficient (Wildman–Crippen LogP) is 3.88. The molecule has 6 heteroatoms. The Hall–Kier alpha value is -1.95. The van der Waals surface area contributed by atoms with Gasteiger partial charge in [0.25, 0.3) is 0 Å². The highest BCUT2D eigenvalue weighted by molar-refractivity contribution is 7.99. The maximum absolute atomic E-state index is 12.5. The molecule has 0 bridgehead atoms. The molecule has 3 heterocycles. The fourth-order valence-corrected chi connectivity index (χ4v) is 4.44. The summed E-state index contributed by atoms with van der Waals surface area (Å²) >= 11 is 1.55. The first-order chi connectivity index (χ1) is 12.6. The monoisotopic (exact) mass is 372 g/mol. The summed E-state index contributed by atoms with van der Waals surface area (Å²) in [5.41, 5.74) is 2.05. The molecule has 2 aliphatic heterocycles.